The van der Waals surface area contributed by atoms with E-state index in [-0.39, 0.29) is 5.91 Å². The summed E-state index contributed by atoms with van der Waals surface area (Å²) in [5, 5.41) is 3.51. The lowest BCUT2D eigenvalue weighted by Gasteiger charge is -2.35. The monoisotopic (exact) mass is 289 g/mol. The van der Waals surface area contributed by atoms with E-state index in [1.165, 1.54) is 11.3 Å². The minimum Gasteiger partial charge on any atom is -0.368 e. The van der Waals surface area contributed by atoms with Crippen LogP contribution in [0.3, 0.4) is 0 Å². The van der Waals surface area contributed by atoms with Crippen molar-refractivity contribution in [1.29, 1.82) is 0 Å². The van der Waals surface area contributed by atoms with Crippen LogP contribution < -0.4 is 10.2 Å². The summed E-state index contributed by atoms with van der Waals surface area (Å²) in [6.07, 6.45) is 1.16. The molecule has 1 aromatic carbocycles. The number of nitrogens with zero attached hydrogens (tertiary/aromatic N) is 2. The van der Waals surface area contributed by atoms with Crippen LogP contribution in [0, 0.1) is 0 Å². The van der Waals surface area contributed by atoms with E-state index < -0.39 is 0 Å². The van der Waals surface area contributed by atoms with Crippen LogP contribution in [0.25, 0.3) is 0 Å². The third-order valence-electron chi connectivity index (χ3n) is 4.18. The van der Waals surface area contributed by atoms with Gasteiger partial charge in [-0.05, 0) is 37.6 Å². The van der Waals surface area contributed by atoms with Crippen LogP contribution in [-0.4, -0.2) is 43.5 Å². The molecule has 1 saturated heterocycles. The second kappa shape index (κ2) is 7.46. The Bertz CT molecular complexity index is 450. The SMILES string of the molecule is CCCNC(C)c1ccc(N2CCN(C(C)=O)CC2)cc1. The molecule has 1 heterocycles. The Morgan fingerprint density at radius 2 is 1.81 bits per heavy atom. The van der Waals surface area contributed by atoms with Crippen LogP contribution >= 0.6 is 0 Å². The van der Waals surface area contributed by atoms with Gasteiger partial charge in [0.25, 0.3) is 0 Å². The number of nitrogens with one attached hydrogen (secondary N) is 1. The van der Waals surface area contributed by atoms with Crippen molar-refractivity contribution in [3.8, 4) is 0 Å². The largest absolute Gasteiger partial charge is 0.368 e. The third kappa shape index (κ3) is 4.21. The lowest BCUT2D eigenvalue weighted by molar-refractivity contribution is -0.129. The first-order valence-electron chi connectivity index (χ1n) is 7.95. The smallest absolute Gasteiger partial charge is 0.219 e. The molecule has 0 aliphatic carbocycles. The standard InChI is InChI=1S/C17H27N3O/c1-4-9-18-14(2)16-5-7-17(8-6-16)20-12-10-19(11-13-20)15(3)21/h5-8,14,18H,4,9-13H2,1-3H3. The van der Waals surface area contributed by atoms with E-state index in [1.807, 2.05) is 4.90 Å². The van der Waals surface area contributed by atoms with Gasteiger partial charge in [0.2, 0.25) is 5.91 Å². The van der Waals surface area contributed by atoms with Crippen LogP contribution in [0.5, 0.6) is 0 Å². The van der Waals surface area contributed by atoms with Crippen molar-refractivity contribution in [3.63, 3.8) is 0 Å². The Hall–Kier alpha value is -1.55. The van der Waals surface area contributed by atoms with Crippen LogP contribution in [0.2, 0.25) is 0 Å². The van der Waals surface area contributed by atoms with E-state index in [9.17, 15) is 4.79 Å². The summed E-state index contributed by atoms with van der Waals surface area (Å²) in [6, 6.07) is 9.21. The molecule has 1 aromatic rings. The Kier molecular flexibility index (Phi) is 5.62. The van der Waals surface area contributed by atoms with Crippen molar-refractivity contribution in [2.45, 2.75) is 33.2 Å². The highest BCUT2D eigenvalue weighted by Crippen LogP contribution is 2.20. The second-order valence-electron chi connectivity index (χ2n) is 5.76. The first-order chi connectivity index (χ1) is 10.1. The van der Waals surface area contributed by atoms with Crippen molar-refractivity contribution in [2.24, 2.45) is 0 Å². The first-order valence-corrected chi connectivity index (χ1v) is 7.95. The highest BCUT2D eigenvalue weighted by atomic mass is 16.2. The van der Waals surface area contributed by atoms with Crippen molar-refractivity contribution >= 4 is 11.6 Å². The second-order valence-corrected chi connectivity index (χ2v) is 5.76. The van der Waals surface area contributed by atoms with E-state index in [0.717, 1.165) is 39.1 Å². The average Bonchev–Trinajstić information content (AvgIpc) is 2.53. The summed E-state index contributed by atoms with van der Waals surface area (Å²) in [5.74, 6) is 0.181. The molecule has 21 heavy (non-hydrogen) atoms. The molecular formula is C17H27N3O. The zero-order valence-corrected chi connectivity index (χ0v) is 13.4. The fourth-order valence-corrected chi connectivity index (χ4v) is 2.73. The number of carbonyl (C=O) groups is 1. The summed E-state index contributed by atoms with van der Waals surface area (Å²) in [7, 11) is 0. The summed E-state index contributed by atoms with van der Waals surface area (Å²) >= 11 is 0. The quantitative estimate of drug-likeness (QED) is 0.904. The molecule has 1 unspecified atom stereocenters. The summed E-state index contributed by atoms with van der Waals surface area (Å²) < 4.78 is 0. The number of piperazine rings is 1. The van der Waals surface area contributed by atoms with Crippen LogP contribution in [0.4, 0.5) is 5.69 Å². The molecule has 1 aliphatic heterocycles. The van der Waals surface area contributed by atoms with E-state index >= 15 is 0 Å². The Labute approximate surface area is 128 Å². The van der Waals surface area contributed by atoms with Gasteiger partial charge in [-0.3, -0.25) is 4.79 Å². The van der Waals surface area contributed by atoms with Gasteiger partial charge in [0.05, 0.1) is 0 Å². The number of hydrogen-bond donors (Lipinski definition) is 1. The summed E-state index contributed by atoms with van der Waals surface area (Å²) in [6.45, 7) is 10.6. The zero-order valence-electron chi connectivity index (χ0n) is 13.4. The number of benzene rings is 1. The number of rotatable bonds is 5. The van der Waals surface area contributed by atoms with Gasteiger partial charge in [0, 0.05) is 44.8 Å². The molecule has 2 rings (SSSR count). The number of hydrogen-bond acceptors (Lipinski definition) is 3. The molecule has 1 atom stereocenters. The maximum Gasteiger partial charge on any atom is 0.219 e. The maximum absolute atomic E-state index is 11.3. The van der Waals surface area contributed by atoms with Crippen molar-refractivity contribution in [3.05, 3.63) is 29.8 Å². The molecule has 0 spiro atoms. The molecule has 0 aromatic heterocycles. The van der Waals surface area contributed by atoms with E-state index in [0.29, 0.717) is 6.04 Å². The van der Waals surface area contributed by atoms with Crippen molar-refractivity contribution in [1.82, 2.24) is 10.2 Å². The average molecular weight is 289 g/mol. The van der Waals surface area contributed by atoms with Crippen LogP contribution in [0.1, 0.15) is 38.8 Å². The molecular weight excluding hydrogens is 262 g/mol. The summed E-state index contributed by atoms with van der Waals surface area (Å²) in [4.78, 5) is 15.6. The highest BCUT2D eigenvalue weighted by molar-refractivity contribution is 5.73. The molecule has 1 aliphatic rings. The van der Waals surface area contributed by atoms with Crippen LogP contribution in [0.15, 0.2) is 24.3 Å². The number of amides is 1. The van der Waals surface area contributed by atoms with Gasteiger partial charge in [0.1, 0.15) is 0 Å². The van der Waals surface area contributed by atoms with Gasteiger partial charge in [-0.1, -0.05) is 19.1 Å². The maximum atomic E-state index is 11.3. The van der Waals surface area contributed by atoms with Gasteiger partial charge in [-0.2, -0.15) is 0 Å². The molecule has 1 amide bonds. The van der Waals surface area contributed by atoms with Gasteiger partial charge in [-0.15, -0.1) is 0 Å². The lowest BCUT2D eigenvalue weighted by atomic mass is 10.1. The minimum absolute atomic E-state index is 0.181. The molecule has 1 fully saturated rings. The zero-order chi connectivity index (χ0) is 15.2. The molecule has 4 nitrogen and oxygen atoms in total. The lowest BCUT2D eigenvalue weighted by Crippen LogP contribution is -2.48. The number of carbonyl (C=O) groups excluding carboxylic acids is 1. The van der Waals surface area contributed by atoms with E-state index in [2.05, 4.69) is 48.3 Å². The fraction of sp³-hybridized carbons (Fsp3) is 0.588. The predicted octanol–water partition coefficient (Wildman–Crippen LogP) is 2.42. The molecule has 0 bridgehead atoms. The van der Waals surface area contributed by atoms with Crippen LogP contribution in [-0.2, 0) is 4.79 Å². The molecule has 1 N–H and O–H groups in total. The van der Waals surface area contributed by atoms with Crippen molar-refractivity contribution in [2.75, 3.05) is 37.6 Å². The Morgan fingerprint density at radius 3 is 2.33 bits per heavy atom. The molecule has 4 heteroatoms. The fourth-order valence-electron chi connectivity index (χ4n) is 2.73. The van der Waals surface area contributed by atoms with Gasteiger partial charge in [0.15, 0.2) is 0 Å². The predicted molar refractivity (Wildman–Crippen MR) is 87.6 cm³/mol. The normalized spacial score (nSPS) is 16.9. The summed E-state index contributed by atoms with van der Waals surface area (Å²) in [5.41, 5.74) is 2.58. The minimum atomic E-state index is 0.181. The third-order valence-corrected chi connectivity index (χ3v) is 4.18. The van der Waals surface area contributed by atoms with Gasteiger partial charge >= 0.3 is 0 Å². The van der Waals surface area contributed by atoms with Crippen molar-refractivity contribution < 1.29 is 4.79 Å². The topological polar surface area (TPSA) is 35.6 Å². The van der Waals surface area contributed by atoms with E-state index in [4.69, 9.17) is 0 Å². The Balaban J connectivity index is 1.92. The van der Waals surface area contributed by atoms with Gasteiger partial charge in [-0.25, -0.2) is 0 Å². The van der Waals surface area contributed by atoms with Gasteiger partial charge < -0.3 is 15.1 Å². The molecule has 0 radical (unpaired) electrons. The Morgan fingerprint density at radius 1 is 1.19 bits per heavy atom. The molecule has 116 valence electrons. The molecule has 0 saturated carbocycles. The highest BCUT2D eigenvalue weighted by Gasteiger charge is 2.18. The van der Waals surface area contributed by atoms with E-state index in [1.54, 1.807) is 6.92 Å². The number of anilines is 1. The first kappa shape index (κ1) is 15.8.